The van der Waals surface area contributed by atoms with Crippen molar-refractivity contribution < 1.29 is 9.59 Å². The van der Waals surface area contributed by atoms with E-state index in [0.29, 0.717) is 26.2 Å². The fourth-order valence-electron chi connectivity index (χ4n) is 2.59. The van der Waals surface area contributed by atoms with E-state index in [9.17, 15) is 14.4 Å². The quantitative estimate of drug-likeness (QED) is 0.734. The monoisotopic (exact) mass is 356 g/mol. The Morgan fingerprint density at radius 1 is 1.28 bits per heavy atom. The van der Waals surface area contributed by atoms with Gasteiger partial charge in [-0.2, -0.15) is 0 Å². The Labute approximate surface area is 147 Å². The zero-order valence-corrected chi connectivity index (χ0v) is 14.5. The van der Waals surface area contributed by atoms with Gasteiger partial charge in [-0.1, -0.05) is 30.3 Å². The molecule has 0 radical (unpaired) electrons. The molecule has 0 aliphatic heterocycles. The van der Waals surface area contributed by atoms with Gasteiger partial charge < -0.3 is 15.6 Å². The van der Waals surface area contributed by atoms with Crippen molar-refractivity contribution in [3.05, 3.63) is 63.0 Å². The van der Waals surface area contributed by atoms with Gasteiger partial charge in [0, 0.05) is 7.05 Å². The van der Waals surface area contributed by atoms with Gasteiger partial charge >= 0.3 is 0 Å². The van der Waals surface area contributed by atoms with E-state index in [1.54, 1.807) is 44.3 Å². The summed E-state index contributed by atoms with van der Waals surface area (Å²) in [6.07, 6.45) is 1.42. The third kappa shape index (κ3) is 3.03. The first kappa shape index (κ1) is 16.8. The summed E-state index contributed by atoms with van der Waals surface area (Å²) in [6.45, 7) is 1.69. The summed E-state index contributed by atoms with van der Waals surface area (Å²) in [6, 6.07) is 7.80. The molecule has 0 spiro atoms. The number of thiophene rings is 1. The smallest absolute Gasteiger partial charge is 0.262 e. The Morgan fingerprint density at radius 2 is 1.96 bits per heavy atom. The van der Waals surface area contributed by atoms with E-state index in [1.807, 2.05) is 0 Å². The van der Waals surface area contributed by atoms with Crippen LogP contribution in [0.4, 0.5) is 0 Å². The van der Waals surface area contributed by atoms with Gasteiger partial charge in [0.1, 0.15) is 10.9 Å². The number of carbonyl (C=O) groups is 2. The minimum absolute atomic E-state index is 0.215. The van der Waals surface area contributed by atoms with Gasteiger partial charge in [-0.05, 0) is 18.1 Å². The van der Waals surface area contributed by atoms with Crippen LogP contribution in [0.15, 0.2) is 41.5 Å². The summed E-state index contributed by atoms with van der Waals surface area (Å²) >= 11 is 1.12. The molecule has 0 saturated carbocycles. The van der Waals surface area contributed by atoms with E-state index in [1.165, 1.54) is 10.9 Å². The SMILES string of the molecule is Cc1c(C(=O)NC(C(N)=O)c2ccccc2)sc2ncn(C)c(=O)c12. The predicted molar refractivity (Wildman–Crippen MR) is 95.4 cm³/mol. The molecular formula is C17H16N4O3S. The van der Waals surface area contributed by atoms with Crippen LogP contribution in [0.3, 0.4) is 0 Å². The number of nitrogens with zero attached hydrogens (tertiary/aromatic N) is 2. The van der Waals surface area contributed by atoms with Crippen LogP contribution in [0.5, 0.6) is 0 Å². The molecular weight excluding hydrogens is 340 g/mol. The number of fused-ring (bicyclic) bond motifs is 1. The molecule has 1 aromatic carbocycles. The second-order valence-electron chi connectivity index (χ2n) is 5.62. The highest BCUT2D eigenvalue weighted by atomic mass is 32.1. The highest BCUT2D eigenvalue weighted by Gasteiger charge is 2.24. The van der Waals surface area contributed by atoms with Gasteiger partial charge in [-0.25, -0.2) is 4.98 Å². The Balaban J connectivity index is 1.99. The molecule has 0 aliphatic carbocycles. The summed E-state index contributed by atoms with van der Waals surface area (Å²) in [5, 5.41) is 3.06. The number of hydrogen-bond donors (Lipinski definition) is 2. The summed E-state index contributed by atoms with van der Waals surface area (Å²) < 4.78 is 1.36. The molecule has 3 rings (SSSR count). The Bertz CT molecular complexity index is 1020. The van der Waals surface area contributed by atoms with Crippen LogP contribution in [-0.4, -0.2) is 21.4 Å². The maximum absolute atomic E-state index is 12.7. The number of aromatic nitrogens is 2. The highest BCUT2D eigenvalue weighted by Crippen LogP contribution is 2.27. The minimum Gasteiger partial charge on any atom is -0.368 e. The van der Waals surface area contributed by atoms with Gasteiger partial charge in [-0.3, -0.25) is 14.4 Å². The molecule has 3 aromatic rings. The number of benzene rings is 1. The molecule has 3 N–H and O–H groups in total. The number of aryl methyl sites for hydroxylation is 2. The molecule has 0 saturated heterocycles. The Morgan fingerprint density at radius 3 is 2.60 bits per heavy atom. The van der Waals surface area contributed by atoms with E-state index < -0.39 is 17.9 Å². The van der Waals surface area contributed by atoms with Gasteiger partial charge in [0.25, 0.3) is 11.5 Å². The number of rotatable bonds is 4. The van der Waals surface area contributed by atoms with Gasteiger partial charge in [-0.15, -0.1) is 11.3 Å². The van der Waals surface area contributed by atoms with Gasteiger partial charge in [0.2, 0.25) is 5.91 Å². The second kappa shape index (κ2) is 6.48. The summed E-state index contributed by atoms with van der Waals surface area (Å²) in [5.41, 5.74) is 6.36. The maximum Gasteiger partial charge on any atom is 0.262 e. The number of hydrogen-bond acceptors (Lipinski definition) is 5. The van der Waals surface area contributed by atoms with Crippen LogP contribution in [0.1, 0.15) is 26.8 Å². The lowest BCUT2D eigenvalue weighted by molar-refractivity contribution is -0.120. The number of primary amides is 1. The lowest BCUT2D eigenvalue weighted by atomic mass is 10.1. The number of nitrogens with one attached hydrogen (secondary N) is 1. The van der Waals surface area contributed by atoms with Crippen LogP contribution < -0.4 is 16.6 Å². The van der Waals surface area contributed by atoms with Crippen molar-refractivity contribution in [3.8, 4) is 0 Å². The predicted octanol–water partition coefficient (Wildman–Crippen LogP) is 1.26. The molecule has 0 aliphatic rings. The molecule has 0 fully saturated rings. The Hall–Kier alpha value is -3.00. The highest BCUT2D eigenvalue weighted by molar-refractivity contribution is 7.20. The molecule has 2 aromatic heterocycles. The van der Waals surface area contributed by atoms with Crippen LogP contribution in [0, 0.1) is 6.92 Å². The molecule has 7 nitrogen and oxygen atoms in total. The van der Waals surface area contributed by atoms with Crippen molar-refractivity contribution in [1.29, 1.82) is 0 Å². The summed E-state index contributed by atoms with van der Waals surface area (Å²) in [4.78, 5) is 41.7. The topological polar surface area (TPSA) is 107 Å². The fraction of sp³-hybridized carbons (Fsp3) is 0.176. The molecule has 1 atom stereocenters. The lowest BCUT2D eigenvalue weighted by Crippen LogP contribution is -2.37. The van der Waals surface area contributed by atoms with Crippen molar-refractivity contribution >= 4 is 33.4 Å². The van der Waals surface area contributed by atoms with E-state index in [2.05, 4.69) is 10.3 Å². The third-order valence-corrected chi connectivity index (χ3v) is 5.11. The zero-order chi connectivity index (χ0) is 18.1. The zero-order valence-electron chi connectivity index (χ0n) is 13.6. The van der Waals surface area contributed by atoms with Crippen LogP contribution in [0.2, 0.25) is 0 Å². The standard InChI is InChI=1S/C17H16N4O3S/c1-9-11-16(19-8-21(2)17(11)24)25-13(9)15(23)20-12(14(18)22)10-6-4-3-5-7-10/h3-8,12H,1-2H3,(H2,18,22)(H,20,23). The second-order valence-corrected chi connectivity index (χ2v) is 6.62. The average molecular weight is 356 g/mol. The number of amides is 2. The fourth-order valence-corrected chi connectivity index (χ4v) is 3.63. The van der Waals surface area contributed by atoms with E-state index in [0.717, 1.165) is 11.3 Å². The normalized spacial score (nSPS) is 12.1. The van der Waals surface area contributed by atoms with Crippen LogP contribution in [0.25, 0.3) is 10.2 Å². The van der Waals surface area contributed by atoms with E-state index in [-0.39, 0.29) is 5.56 Å². The van der Waals surface area contributed by atoms with Crippen molar-refractivity contribution in [3.63, 3.8) is 0 Å². The first-order valence-corrected chi connectivity index (χ1v) is 8.31. The van der Waals surface area contributed by atoms with E-state index >= 15 is 0 Å². The molecule has 2 heterocycles. The molecule has 0 bridgehead atoms. The molecule has 1 unspecified atom stereocenters. The first-order valence-electron chi connectivity index (χ1n) is 7.50. The average Bonchev–Trinajstić information content (AvgIpc) is 2.94. The van der Waals surface area contributed by atoms with Gasteiger partial charge in [0.05, 0.1) is 16.6 Å². The minimum atomic E-state index is -0.950. The van der Waals surface area contributed by atoms with Crippen molar-refractivity contribution in [2.75, 3.05) is 0 Å². The summed E-state index contributed by atoms with van der Waals surface area (Å²) in [5.74, 6) is -1.12. The third-order valence-electron chi connectivity index (χ3n) is 3.91. The molecule has 2 amide bonds. The molecule has 128 valence electrons. The largest absolute Gasteiger partial charge is 0.368 e. The maximum atomic E-state index is 12.7. The number of nitrogens with two attached hydrogens (primary N) is 1. The number of carbonyl (C=O) groups excluding carboxylic acids is 2. The van der Waals surface area contributed by atoms with E-state index in [4.69, 9.17) is 5.73 Å². The van der Waals surface area contributed by atoms with Crippen LogP contribution in [-0.2, 0) is 11.8 Å². The molecule has 25 heavy (non-hydrogen) atoms. The van der Waals surface area contributed by atoms with Crippen molar-refractivity contribution in [2.24, 2.45) is 12.8 Å². The van der Waals surface area contributed by atoms with Crippen LogP contribution >= 0.6 is 11.3 Å². The van der Waals surface area contributed by atoms with Crippen molar-refractivity contribution in [2.45, 2.75) is 13.0 Å². The van der Waals surface area contributed by atoms with Crippen molar-refractivity contribution in [1.82, 2.24) is 14.9 Å². The molecule has 8 heteroatoms. The lowest BCUT2D eigenvalue weighted by Gasteiger charge is -2.15. The van der Waals surface area contributed by atoms with Gasteiger partial charge in [0.15, 0.2) is 0 Å². The first-order chi connectivity index (χ1) is 11.9. The Kier molecular flexibility index (Phi) is 4.37. The summed E-state index contributed by atoms with van der Waals surface area (Å²) in [7, 11) is 1.60.